The number of aliphatic hydroxyl groups excluding tert-OH is 1. The number of morpholine rings is 1. The molecule has 2 saturated heterocycles. The van der Waals surface area contributed by atoms with Gasteiger partial charge in [-0.1, -0.05) is 5.16 Å². The maximum Gasteiger partial charge on any atom is 0.216 e. The van der Waals surface area contributed by atoms with Crippen LogP contribution in [-0.4, -0.2) is 72.2 Å². The van der Waals surface area contributed by atoms with Gasteiger partial charge in [0, 0.05) is 39.0 Å². The molecular weight excluding hydrogens is 326 g/mol. The number of hydrogen-bond donors (Lipinski definition) is 2. The number of nitrogens with one attached hydrogen (secondary N) is 1. The van der Waals surface area contributed by atoms with Crippen molar-refractivity contribution >= 4 is 5.91 Å². The van der Waals surface area contributed by atoms with Gasteiger partial charge in [0.05, 0.1) is 37.7 Å². The van der Waals surface area contributed by atoms with Gasteiger partial charge >= 0.3 is 0 Å². The Morgan fingerprint density at radius 2 is 2.20 bits per heavy atom. The van der Waals surface area contributed by atoms with Gasteiger partial charge in [0.2, 0.25) is 5.91 Å². The number of amides is 1. The van der Waals surface area contributed by atoms with Crippen molar-refractivity contribution in [3.8, 4) is 0 Å². The standard InChI is InChI=1S/C17H27N3O5/c1-12(21)18-10-17-16(22)3-2-14(24-17)8-13-9-15(25-19-13)11-20-4-6-23-7-5-20/h9,14,16-17,22H,2-8,10-11H2,1H3,(H,18,21)/t14-,16-,17+/m0/s1. The van der Waals surface area contributed by atoms with Crippen LogP contribution in [0.2, 0.25) is 0 Å². The lowest BCUT2D eigenvalue weighted by molar-refractivity contribution is -0.127. The molecule has 3 rings (SSSR count). The highest BCUT2D eigenvalue weighted by molar-refractivity contribution is 5.72. The van der Waals surface area contributed by atoms with Crippen molar-refractivity contribution in [1.29, 1.82) is 0 Å². The van der Waals surface area contributed by atoms with Gasteiger partial charge in [-0.2, -0.15) is 0 Å². The van der Waals surface area contributed by atoms with Crippen molar-refractivity contribution < 1.29 is 23.9 Å². The van der Waals surface area contributed by atoms with Crippen LogP contribution in [0.25, 0.3) is 0 Å². The monoisotopic (exact) mass is 353 g/mol. The summed E-state index contributed by atoms with van der Waals surface area (Å²) in [7, 11) is 0. The molecule has 0 unspecified atom stereocenters. The highest BCUT2D eigenvalue weighted by Gasteiger charge is 2.30. The number of rotatable bonds is 6. The molecule has 140 valence electrons. The first-order chi connectivity index (χ1) is 12.1. The number of aromatic nitrogens is 1. The zero-order chi connectivity index (χ0) is 17.6. The Kier molecular flexibility index (Phi) is 6.41. The highest BCUT2D eigenvalue weighted by Crippen LogP contribution is 2.22. The molecule has 8 heteroatoms. The van der Waals surface area contributed by atoms with E-state index in [1.165, 1.54) is 6.92 Å². The van der Waals surface area contributed by atoms with E-state index < -0.39 is 6.10 Å². The van der Waals surface area contributed by atoms with Gasteiger partial charge in [-0.15, -0.1) is 0 Å². The number of hydrogen-bond acceptors (Lipinski definition) is 7. The average Bonchev–Trinajstić information content (AvgIpc) is 3.03. The molecule has 1 aromatic rings. The summed E-state index contributed by atoms with van der Waals surface area (Å²) in [5.74, 6) is 0.727. The summed E-state index contributed by atoms with van der Waals surface area (Å²) in [6.07, 6.45) is 1.13. The summed E-state index contributed by atoms with van der Waals surface area (Å²) < 4.78 is 16.7. The quantitative estimate of drug-likeness (QED) is 0.748. The molecule has 8 nitrogen and oxygen atoms in total. The minimum Gasteiger partial charge on any atom is -0.390 e. The summed E-state index contributed by atoms with van der Waals surface area (Å²) in [6.45, 7) is 5.86. The van der Waals surface area contributed by atoms with E-state index in [9.17, 15) is 9.90 Å². The van der Waals surface area contributed by atoms with Crippen molar-refractivity contribution in [2.24, 2.45) is 0 Å². The Morgan fingerprint density at radius 1 is 1.40 bits per heavy atom. The van der Waals surface area contributed by atoms with Crippen LogP contribution in [0.15, 0.2) is 10.6 Å². The summed E-state index contributed by atoms with van der Waals surface area (Å²) in [5.41, 5.74) is 0.864. The number of carbonyl (C=O) groups is 1. The van der Waals surface area contributed by atoms with E-state index in [0.717, 1.165) is 50.7 Å². The molecule has 0 aliphatic carbocycles. The smallest absolute Gasteiger partial charge is 0.216 e. The Morgan fingerprint density at radius 3 is 2.96 bits per heavy atom. The molecule has 2 aliphatic rings. The van der Waals surface area contributed by atoms with Crippen LogP contribution in [0.5, 0.6) is 0 Å². The zero-order valence-electron chi connectivity index (χ0n) is 14.6. The fourth-order valence-corrected chi connectivity index (χ4v) is 3.27. The van der Waals surface area contributed by atoms with Crippen LogP contribution < -0.4 is 5.32 Å². The molecule has 2 aliphatic heterocycles. The van der Waals surface area contributed by atoms with E-state index in [1.807, 2.05) is 6.07 Å². The van der Waals surface area contributed by atoms with E-state index in [-0.39, 0.29) is 18.1 Å². The lowest BCUT2D eigenvalue weighted by atomic mass is 9.98. The van der Waals surface area contributed by atoms with Crippen LogP contribution in [-0.2, 0) is 27.2 Å². The van der Waals surface area contributed by atoms with Crippen molar-refractivity contribution in [2.45, 2.75) is 51.0 Å². The second kappa shape index (κ2) is 8.75. The number of carbonyl (C=O) groups excluding carboxylic acids is 1. The topological polar surface area (TPSA) is 97.1 Å². The molecule has 0 radical (unpaired) electrons. The van der Waals surface area contributed by atoms with Crippen LogP contribution in [0.1, 0.15) is 31.2 Å². The first-order valence-electron chi connectivity index (χ1n) is 8.92. The summed E-state index contributed by atoms with van der Waals surface area (Å²) in [4.78, 5) is 13.3. The largest absolute Gasteiger partial charge is 0.390 e. The maximum absolute atomic E-state index is 11.0. The third kappa shape index (κ3) is 5.50. The third-order valence-electron chi connectivity index (χ3n) is 4.66. The van der Waals surface area contributed by atoms with Gasteiger partial charge in [0.25, 0.3) is 0 Å². The number of aliphatic hydroxyl groups is 1. The molecule has 1 aromatic heterocycles. The van der Waals surface area contributed by atoms with Crippen LogP contribution in [0, 0.1) is 0 Å². The molecule has 1 amide bonds. The van der Waals surface area contributed by atoms with Crippen molar-refractivity contribution in [1.82, 2.24) is 15.4 Å². The van der Waals surface area contributed by atoms with Gasteiger partial charge in [-0.05, 0) is 12.8 Å². The highest BCUT2D eigenvalue weighted by atomic mass is 16.5. The van der Waals surface area contributed by atoms with Crippen molar-refractivity contribution in [3.05, 3.63) is 17.5 Å². The van der Waals surface area contributed by atoms with Gasteiger partial charge in [-0.3, -0.25) is 9.69 Å². The molecule has 2 N–H and O–H groups in total. The normalized spacial score (nSPS) is 28.0. The van der Waals surface area contributed by atoms with E-state index in [2.05, 4.69) is 15.4 Å². The predicted molar refractivity (Wildman–Crippen MR) is 88.9 cm³/mol. The van der Waals surface area contributed by atoms with Crippen LogP contribution in [0.4, 0.5) is 0 Å². The van der Waals surface area contributed by atoms with Gasteiger partial charge in [-0.25, -0.2) is 0 Å². The second-order valence-corrected chi connectivity index (χ2v) is 6.76. The number of ether oxygens (including phenoxy) is 2. The summed E-state index contributed by atoms with van der Waals surface area (Å²) in [5, 5.41) is 16.9. The van der Waals surface area contributed by atoms with Crippen LogP contribution >= 0.6 is 0 Å². The minimum atomic E-state index is -0.544. The van der Waals surface area contributed by atoms with Crippen molar-refractivity contribution in [3.63, 3.8) is 0 Å². The summed E-state index contributed by atoms with van der Waals surface area (Å²) >= 11 is 0. The van der Waals surface area contributed by atoms with E-state index in [4.69, 9.17) is 14.0 Å². The first kappa shape index (κ1) is 18.3. The molecule has 0 aromatic carbocycles. The first-order valence-corrected chi connectivity index (χ1v) is 8.92. The fraction of sp³-hybridized carbons (Fsp3) is 0.765. The molecule has 3 atom stereocenters. The Bertz CT molecular complexity index is 558. The van der Waals surface area contributed by atoms with E-state index in [0.29, 0.717) is 19.4 Å². The SMILES string of the molecule is CC(=O)NC[C@H]1O[C@H](Cc2cc(CN3CCOCC3)on2)CC[C@@H]1O. The molecule has 0 bridgehead atoms. The predicted octanol–water partition coefficient (Wildman–Crippen LogP) is 0.0939. The molecule has 0 saturated carbocycles. The van der Waals surface area contributed by atoms with E-state index in [1.54, 1.807) is 0 Å². The lowest BCUT2D eigenvalue weighted by Gasteiger charge is -2.33. The third-order valence-corrected chi connectivity index (χ3v) is 4.66. The lowest BCUT2D eigenvalue weighted by Crippen LogP contribution is -2.46. The van der Waals surface area contributed by atoms with Gasteiger partial charge in [0.15, 0.2) is 5.76 Å². The van der Waals surface area contributed by atoms with Gasteiger partial charge < -0.3 is 24.4 Å². The van der Waals surface area contributed by atoms with E-state index >= 15 is 0 Å². The Hall–Kier alpha value is -1.48. The molecule has 2 fully saturated rings. The fourth-order valence-electron chi connectivity index (χ4n) is 3.27. The molecule has 0 spiro atoms. The second-order valence-electron chi connectivity index (χ2n) is 6.76. The molecule has 3 heterocycles. The maximum atomic E-state index is 11.0. The molecule has 25 heavy (non-hydrogen) atoms. The summed E-state index contributed by atoms with van der Waals surface area (Å²) in [6, 6.07) is 1.98. The number of nitrogens with zero attached hydrogens (tertiary/aromatic N) is 2. The Labute approximate surface area is 147 Å². The van der Waals surface area contributed by atoms with Crippen molar-refractivity contribution in [2.75, 3.05) is 32.8 Å². The minimum absolute atomic E-state index is 0.0245. The average molecular weight is 353 g/mol. The zero-order valence-corrected chi connectivity index (χ0v) is 14.6. The molecular formula is C17H27N3O5. The van der Waals surface area contributed by atoms with Crippen LogP contribution in [0.3, 0.4) is 0 Å². The Balaban J connectivity index is 1.49. The van der Waals surface area contributed by atoms with Gasteiger partial charge in [0.1, 0.15) is 6.10 Å².